The van der Waals surface area contributed by atoms with Crippen molar-refractivity contribution in [3.05, 3.63) is 22.7 Å². The van der Waals surface area contributed by atoms with Crippen molar-refractivity contribution in [2.24, 2.45) is 5.41 Å². The van der Waals surface area contributed by atoms with Crippen molar-refractivity contribution < 1.29 is 15.0 Å². The first-order chi connectivity index (χ1) is 9.45. The number of piperidine rings is 3. The summed E-state index contributed by atoms with van der Waals surface area (Å²) in [5.74, 6) is -0.871. The topological polar surface area (TPSA) is 64.0 Å². The fourth-order valence-corrected chi connectivity index (χ4v) is 5.27. The lowest BCUT2D eigenvalue weighted by molar-refractivity contribution is 0.0411. The molecule has 2 saturated heterocycles. The van der Waals surface area contributed by atoms with Crippen molar-refractivity contribution in [2.75, 3.05) is 13.6 Å². The van der Waals surface area contributed by atoms with E-state index in [1.165, 1.54) is 18.6 Å². The summed E-state index contributed by atoms with van der Waals surface area (Å²) >= 11 is 5.99. The number of benzene rings is 1. The molecule has 2 N–H and O–H groups in total. The Hall–Kier alpha value is -1.46. The Morgan fingerprint density at radius 2 is 2.15 bits per heavy atom. The molecule has 1 spiro atoms. The smallest absolute Gasteiger partial charge is 0.255 e. The lowest BCUT2D eigenvalue weighted by Crippen LogP contribution is -2.57. The zero-order chi connectivity index (χ0) is 14.0. The van der Waals surface area contributed by atoms with Gasteiger partial charge in [-0.25, -0.2) is 0 Å². The molecule has 4 fully saturated rings. The standard InChI is InChI=1S/C14H13ClN2O3/c1-16-10-11-14(10)4-13(14,16)5-17(11)12(20)6-2-3-7(18)9(19)8(6)15/h2-3,10-11,18-19H,4-5H2,1H3/t10-,11?,13-,14+/m0/s1. The Morgan fingerprint density at radius 3 is 2.70 bits per heavy atom. The lowest BCUT2D eigenvalue weighted by Gasteiger charge is -2.41. The molecule has 5 rings (SSSR count). The van der Waals surface area contributed by atoms with E-state index in [4.69, 9.17) is 11.6 Å². The quantitative estimate of drug-likeness (QED) is 0.759. The second-order valence-corrected chi connectivity index (χ2v) is 6.86. The number of carbonyl (C=O) groups excluding carboxylic acids is 1. The van der Waals surface area contributed by atoms with Gasteiger partial charge in [0.05, 0.1) is 16.6 Å². The monoisotopic (exact) mass is 292 g/mol. The van der Waals surface area contributed by atoms with Crippen molar-refractivity contribution in [1.82, 2.24) is 9.80 Å². The summed E-state index contributed by atoms with van der Waals surface area (Å²) in [6, 6.07) is 3.61. The number of piperazine rings is 1. The van der Waals surface area contributed by atoms with E-state index in [-0.39, 0.29) is 27.8 Å². The molecule has 5 nitrogen and oxygen atoms in total. The van der Waals surface area contributed by atoms with Crippen LogP contribution in [0, 0.1) is 5.41 Å². The molecule has 2 aliphatic carbocycles. The Kier molecular flexibility index (Phi) is 1.56. The molecule has 2 saturated carbocycles. The van der Waals surface area contributed by atoms with Crippen LogP contribution in [0.4, 0.5) is 0 Å². The fourth-order valence-electron chi connectivity index (χ4n) is 5.03. The molecular weight excluding hydrogens is 280 g/mol. The Bertz CT molecular complexity index is 708. The molecule has 1 aromatic carbocycles. The van der Waals surface area contributed by atoms with Gasteiger partial charge in [-0.05, 0) is 25.6 Å². The van der Waals surface area contributed by atoms with Crippen LogP contribution in [0.5, 0.6) is 11.5 Å². The minimum Gasteiger partial charge on any atom is -0.504 e. The number of aromatic hydroxyl groups is 2. The van der Waals surface area contributed by atoms with E-state index < -0.39 is 5.75 Å². The highest BCUT2D eigenvalue weighted by atomic mass is 35.5. The van der Waals surface area contributed by atoms with Gasteiger partial charge in [-0.15, -0.1) is 0 Å². The maximum atomic E-state index is 12.6. The maximum absolute atomic E-state index is 12.6. The Labute approximate surface area is 120 Å². The molecule has 6 heteroatoms. The SMILES string of the molecule is CN1[C@H]2C3N(C(=O)c4ccc(O)c(O)c4Cl)C[C@]14C[C@]324. The number of hydrogen-bond donors (Lipinski definition) is 2. The van der Waals surface area contributed by atoms with E-state index in [1.54, 1.807) is 0 Å². The van der Waals surface area contributed by atoms with Crippen LogP contribution in [0.2, 0.25) is 5.02 Å². The number of halogens is 1. The molecule has 104 valence electrons. The Balaban J connectivity index is 1.50. The van der Waals surface area contributed by atoms with E-state index in [1.807, 2.05) is 4.90 Å². The highest BCUT2D eigenvalue weighted by Crippen LogP contribution is 2.90. The second kappa shape index (κ2) is 2.78. The Morgan fingerprint density at radius 1 is 1.40 bits per heavy atom. The number of rotatable bonds is 1. The summed E-state index contributed by atoms with van der Waals surface area (Å²) in [6.07, 6.45) is 1.21. The second-order valence-electron chi connectivity index (χ2n) is 6.48. The molecule has 20 heavy (non-hydrogen) atoms. The van der Waals surface area contributed by atoms with Gasteiger partial charge in [0.1, 0.15) is 0 Å². The summed E-state index contributed by atoms with van der Waals surface area (Å²) in [4.78, 5) is 16.9. The van der Waals surface area contributed by atoms with E-state index in [2.05, 4.69) is 11.9 Å². The minimum absolute atomic E-state index is 0.0650. The predicted octanol–water partition coefficient (Wildman–Crippen LogP) is 1.03. The van der Waals surface area contributed by atoms with Crippen LogP contribution >= 0.6 is 11.6 Å². The average Bonchev–Trinajstić information content (AvgIpc) is 3.23. The number of phenols is 2. The zero-order valence-corrected chi connectivity index (χ0v) is 11.6. The maximum Gasteiger partial charge on any atom is 0.255 e. The van der Waals surface area contributed by atoms with Crippen molar-refractivity contribution in [3.8, 4) is 11.5 Å². The van der Waals surface area contributed by atoms with Crippen LogP contribution in [0.3, 0.4) is 0 Å². The van der Waals surface area contributed by atoms with Gasteiger partial charge in [0.15, 0.2) is 11.5 Å². The largest absolute Gasteiger partial charge is 0.504 e. The first-order valence-corrected chi connectivity index (χ1v) is 7.08. The summed E-state index contributed by atoms with van der Waals surface area (Å²) in [5.41, 5.74) is 0.871. The third-order valence-electron chi connectivity index (χ3n) is 6.02. The third kappa shape index (κ3) is 0.826. The van der Waals surface area contributed by atoms with Crippen molar-refractivity contribution >= 4 is 17.5 Å². The molecule has 0 bridgehead atoms. The van der Waals surface area contributed by atoms with E-state index in [0.717, 1.165) is 6.54 Å². The van der Waals surface area contributed by atoms with Gasteiger partial charge in [0.2, 0.25) is 0 Å². The lowest BCUT2D eigenvalue weighted by atomic mass is 10.0. The highest BCUT2D eigenvalue weighted by Gasteiger charge is 3.02. The molecule has 1 unspecified atom stereocenters. The summed E-state index contributed by atoms with van der Waals surface area (Å²) in [5, 5.41) is 19.0. The molecule has 4 atom stereocenters. The molecule has 2 heterocycles. The highest BCUT2D eigenvalue weighted by molar-refractivity contribution is 6.35. The van der Waals surface area contributed by atoms with Crippen molar-refractivity contribution in [2.45, 2.75) is 24.0 Å². The molecule has 1 aromatic rings. The van der Waals surface area contributed by atoms with Crippen molar-refractivity contribution in [1.29, 1.82) is 0 Å². The summed E-state index contributed by atoms with van der Waals surface area (Å²) in [7, 11) is 2.14. The first-order valence-electron chi connectivity index (χ1n) is 6.70. The molecule has 0 radical (unpaired) electrons. The van der Waals surface area contributed by atoms with Gasteiger partial charge in [-0.3, -0.25) is 9.69 Å². The number of hydrogen-bond acceptors (Lipinski definition) is 4. The summed E-state index contributed by atoms with van der Waals surface area (Å²) < 4.78 is 0. The first kappa shape index (κ1) is 11.2. The third-order valence-corrected chi connectivity index (χ3v) is 6.40. The van der Waals surface area contributed by atoms with Crippen LogP contribution in [0.15, 0.2) is 12.1 Å². The van der Waals surface area contributed by atoms with Gasteiger partial charge in [0.25, 0.3) is 5.91 Å². The molecule has 1 amide bonds. The van der Waals surface area contributed by atoms with Crippen LogP contribution < -0.4 is 0 Å². The van der Waals surface area contributed by atoms with E-state index in [9.17, 15) is 15.0 Å². The number of carbonyl (C=O) groups is 1. The normalized spacial score (nSPS) is 42.8. The van der Waals surface area contributed by atoms with Crippen LogP contribution in [-0.2, 0) is 0 Å². The van der Waals surface area contributed by atoms with Gasteiger partial charge >= 0.3 is 0 Å². The van der Waals surface area contributed by atoms with Crippen LogP contribution in [0.1, 0.15) is 16.8 Å². The van der Waals surface area contributed by atoms with Gasteiger partial charge in [-0.1, -0.05) is 11.6 Å². The number of amides is 1. The van der Waals surface area contributed by atoms with Crippen LogP contribution in [-0.4, -0.2) is 57.1 Å². The van der Waals surface area contributed by atoms with Gasteiger partial charge in [0, 0.05) is 23.5 Å². The minimum atomic E-state index is -0.423. The molecule has 0 aromatic heterocycles. The summed E-state index contributed by atoms with van der Waals surface area (Å²) in [6.45, 7) is 0.751. The molecular formula is C14H13ClN2O3. The predicted molar refractivity (Wildman–Crippen MR) is 70.9 cm³/mol. The fraction of sp³-hybridized carbons (Fsp3) is 0.500. The van der Waals surface area contributed by atoms with Crippen molar-refractivity contribution in [3.63, 3.8) is 0 Å². The number of likely N-dealkylation sites (tertiary alicyclic amines) is 2. The van der Waals surface area contributed by atoms with Gasteiger partial charge < -0.3 is 15.1 Å². The molecule has 2 aliphatic heterocycles. The van der Waals surface area contributed by atoms with E-state index in [0.29, 0.717) is 17.5 Å². The van der Waals surface area contributed by atoms with Crippen LogP contribution in [0.25, 0.3) is 0 Å². The zero-order valence-electron chi connectivity index (χ0n) is 10.8. The molecule has 4 aliphatic rings. The van der Waals surface area contributed by atoms with Gasteiger partial charge in [-0.2, -0.15) is 0 Å². The number of fused-ring (bicyclic) bond motifs is 1. The number of nitrogens with zero attached hydrogens (tertiary/aromatic N) is 2. The number of phenolic OH excluding ortho intramolecular Hbond substituents is 2. The number of likely N-dealkylation sites (N-methyl/N-ethyl adjacent to an activating group) is 1. The van der Waals surface area contributed by atoms with E-state index >= 15 is 0 Å². The average molecular weight is 293 g/mol.